The first kappa shape index (κ1) is 21.4. The highest BCUT2D eigenvalue weighted by Crippen LogP contribution is 2.20. The molecular formula is C27H27ClN2O. The molecule has 1 heterocycles. The quantitative estimate of drug-likeness (QED) is 0.368. The van der Waals surface area contributed by atoms with E-state index in [4.69, 9.17) is 11.6 Å². The predicted molar refractivity (Wildman–Crippen MR) is 130 cm³/mol. The number of hydrogen-bond acceptors (Lipinski definition) is 3. The zero-order valence-electron chi connectivity index (χ0n) is 17.8. The molecule has 31 heavy (non-hydrogen) atoms. The topological polar surface area (TPSA) is 23.6 Å². The number of anilines is 1. The van der Waals surface area contributed by atoms with Gasteiger partial charge in [0.05, 0.1) is 0 Å². The van der Waals surface area contributed by atoms with Crippen molar-refractivity contribution >= 4 is 29.1 Å². The molecule has 0 aliphatic carbocycles. The van der Waals surface area contributed by atoms with Gasteiger partial charge >= 0.3 is 0 Å². The summed E-state index contributed by atoms with van der Waals surface area (Å²) in [6.07, 6.45) is 2.00. The molecule has 0 N–H and O–H groups in total. The Morgan fingerprint density at radius 1 is 0.871 bits per heavy atom. The Morgan fingerprint density at radius 2 is 1.52 bits per heavy atom. The Kier molecular flexibility index (Phi) is 6.86. The van der Waals surface area contributed by atoms with Crippen molar-refractivity contribution in [1.82, 2.24) is 4.90 Å². The average Bonchev–Trinajstić information content (AvgIpc) is 2.81. The van der Waals surface area contributed by atoms with E-state index in [2.05, 4.69) is 41.0 Å². The van der Waals surface area contributed by atoms with E-state index in [9.17, 15) is 4.79 Å². The van der Waals surface area contributed by atoms with E-state index >= 15 is 0 Å². The summed E-state index contributed by atoms with van der Waals surface area (Å²) >= 11 is 6.03. The van der Waals surface area contributed by atoms with E-state index in [0.29, 0.717) is 11.6 Å². The van der Waals surface area contributed by atoms with Gasteiger partial charge in [0.2, 0.25) is 0 Å². The molecule has 4 rings (SSSR count). The second-order valence-electron chi connectivity index (χ2n) is 8.02. The Labute approximate surface area is 189 Å². The zero-order valence-corrected chi connectivity index (χ0v) is 18.6. The summed E-state index contributed by atoms with van der Waals surface area (Å²) in [6, 6.07) is 25.8. The Bertz CT molecular complexity index is 1030. The number of ketones is 1. The molecule has 0 spiro atoms. The molecule has 3 aromatic carbocycles. The molecule has 158 valence electrons. The van der Waals surface area contributed by atoms with Crippen molar-refractivity contribution in [3.05, 3.63) is 106 Å². The summed E-state index contributed by atoms with van der Waals surface area (Å²) in [5, 5.41) is 0.695. The molecule has 0 bridgehead atoms. The average molecular weight is 431 g/mol. The number of rotatable bonds is 6. The largest absolute Gasteiger partial charge is 0.369 e. The third-order valence-corrected chi connectivity index (χ3v) is 5.96. The van der Waals surface area contributed by atoms with Crippen molar-refractivity contribution in [2.24, 2.45) is 0 Å². The van der Waals surface area contributed by atoms with Crippen molar-refractivity contribution in [1.29, 1.82) is 0 Å². The van der Waals surface area contributed by atoms with Gasteiger partial charge in [-0.3, -0.25) is 9.69 Å². The summed E-state index contributed by atoms with van der Waals surface area (Å²) < 4.78 is 0. The summed E-state index contributed by atoms with van der Waals surface area (Å²) in [6.45, 7) is 6.51. The van der Waals surface area contributed by atoms with E-state index in [1.54, 1.807) is 0 Å². The van der Waals surface area contributed by atoms with Crippen molar-refractivity contribution in [3.63, 3.8) is 0 Å². The minimum Gasteiger partial charge on any atom is -0.369 e. The van der Waals surface area contributed by atoms with Crippen LogP contribution in [-0.2, 0) is 0 Å². The van der Waals surface area contributed by atoms with Gasteiger partial charge in [-0.2, -0.15) is 0 Å². The van der Waals surface area contributed by atoms with E-state index in [0.717, 1.165) is 42.9 Å². The molecule has 0 atom stereocenters. The molecule has 3 nitrogen and oxygen atoms in total. The number of Topliss-reactive ketones (excluding diaryl/α,β-unsaturated/α-hetero) is 1. The van der Waals surface area contributed by atoms with Gasteiger partial charge in [0, 0.05) is 54.6 Å². The molecule has 1 saturated heterocycles. The Hall–Kier alpha value is -2.88. The summed E-state index contributed by atoms with van der Waals surface area (Å²) in [5.41, 5.74) is 5.06. The second kappa shape index (κ2) is 9.95. The number of hydrogen-bond donors (Lipinski definition) is 0. The molecule has 1 fully saturated rings. The third-order valence-electron chi connectivity index (χ3n) is 5.70. The number of benzene rings is 3. The van der Waals surface area contributed by atoms with E-state index in [-0.39, 0.29) is 5.78 Å². The Morgan fingerprint density at radius 3 is 2.16 bits per heavy atom. The second-order valence-corrected chi connectivity index (χ2v) is 8.45. The van der Waals surface area contributed by atoms with Crippen LogP contribution < -0.4 is 4.90 Å². The molecule has 1 aliphatic heterocycles. The van der Waals surface area contributed by atoms with Crippen LogP contribution in [-0.4, -0.2) is 43.4 Å². The summed E-state index contributed by atoms with van der Waals surface area (Å²) in [7, 11) is 0. The van der Waals surface area contributed by atoms with E-state index < -0.39 is 0 Å². The van der Waals surface area contributed by atoms with Gasteiger partial charge in [-0.25, -0.2) is 0 Å². The highest BCUT2D eigenvalue weighted by molar-refractivity contribution is 6.30. The number of nitrogens with zero attached hydrogens (tertiary/aromatic N) is 2. The highest BCUT2D eigenvalue weighted by atomic mass is 35.5. The molecule has 0 saturated carbocycles. The minimum atomic E-state index is 0.0801. The van der Waals surface area contributed by atoms with Crippen LogP contribution in [0, 0.1) is 6.92 Å². The first-order chi connectivity index (χ1) is 15.1. The van der Waals surface area contributed by atoms with Crippen LogP contribution in [0.5, 0.6) is 0 Å². The zero-order chi connectivity index (χ0) is 21.6. The van der Waals surface area contributed by atoms with Crippen LogP contribution in [0.15, 0.2) is 84.4 Å². The number of carbonyl (C=O) groups excluding carboxylic acids is 1. The number of carbonyl (C=O) groups is 1. The monoisotopic (exact) mass is 430 g/mol. The van der Waals surface area contributed by atoms with Crippen molar-refractivity contribution < 1.29 is 4.79 Å². The normalized spacial score (nSPS) is 15.2. The highest BCUT2D eigenvalue weighted by Gasteiger charge is 2.21. The maximum atomic E-state index is 13.3. The molecule has 0 amide bonds. The molecule has 0 unspecified atom stereocenters. The maximum Gasteiger partial charge on any atom is 0.190 e. The van der Waals surface area contributed by atoms with Gasteiger partial charge < -0.3 is 4.90 Å². The molecule has 3 aromatic rings. The van der Waals surface area contributed by atoms with Crippen LogP contribution >= 0.6 is 11.6 Å². The molecule has 0 radical (unpaired) electrons. The van der Waals surface area contributed by atoms with Gasteiger partial charge in [-0.05, 0) is 42.8 Å². The fourth-order valence-electron chi connectivity index (χ4n) is 3.88. The van der Waals surface area contributed by atoms with Crippen molar-refractivity contribution in [2.45, 2.75) is 6.92 Å². The first-order valence-corrected chi connectivity index (χ1v) is 11.1. The van der Waals surface area contributed by atoms with Gasteiger partial charge in [0.1, 0.15) is 0 Å². The standard InChI is InChI=1S/C27H27ClN2O/c1-21-7-13-26(14-8-21)30-17-15-29(16-18-30)20-24(19-22-9-11-25(28)12-10-22)27(31)23-5-3-2-4-6-23/h2-14,19H,15-18,20H2,1H3/b24-19+. The van der Waals surface area contributed by atoms with Crippen LogP contribution in [0.4, 0.5) is 5.69 Å². The van der Waals surface area contributed by atoms with E-state index in [1.807, 2.05) is 60.7 Å². The fraction of sp³-hybridized carbons (Fsp3) is 0.222. The number of aryl methyl sites for hydroxylation is 1. The number of piperazine rings is 1. The predicted octanol–water partition coefficient (Wildman–Crippen LogP) is 5.74. The molecular weight excluding hydrogens is 404 g/mol. The summed E-state index contributed by atoms with van der Waals surface area (Å²) in [5.74, 6) is 0.0801. The SMILES string of the molecule is Cc1ccc(N2CCN(C/C(=C\c3ccc(Cl)cc3)C(=O)c3ccccc3)CC2)cc1. The maximum absolute atomic E-state index is 13.3. The molecule has 4 heteroatoms. The van der Waals surface area contributed by atoms with Crippen LogP contribution in [0.2, 0.25) is 5.02 Å². The van der Waals surface area contributed by atoms with E-state index in [1.165, 1.54) is 11.3 Å². The lowest BCUT2D eigenvalue weighted by Gasteiger charge is -2.36. The van der Waals surface area contributed by atoms with Crippen LogP contribution in [0.1, 0.15) is 21.5 Å². The smallest absolute Gasteiger partial charge is 0.190 e. The van der Waals surface area contributed by atoms with Gasteiger partial charge in [-0.15, -0.1) is 0 Å². The Balaban J connectivity index is 1.49. The lowest BCUT2D eigenvalue weighted by atomic mass is 10.00. The molecule has 0 aromatic heterocycles. The fourth-order valence-corrected chi connectivity index (χ4v) is 4.00. The van der Waals surface area contributed by atoms with Gasteiger partial charge in [-0.1, -0.05) is 71.8 Å². The van der Waals surface area contributed by atoms with Crippen molar-refractivity contribution in [2.75, 3.05) is 37.6 Å². The minimum absolute atomic E-state index is 0.0801. The summed E-state index contributed by atoms with van der Waals surface area (Å²) in [4.78, 5) is 18.1. The molecule has 1 aliphatic rings. The van der Waals surface area contributed by atoms with Crippen molar-refractivity contribution in [3.8, 4) is 0 Å². The van der Waals surface area contributed by atoms with Crippen LogP contribution in [0.25, 0.3) is 6.08 Å². The number of halogens is 1. The third kappa shape index (κ3) is 5.63. The lowest BCUT2D eigenvalue weighted by Crippen LogP contribution is -2.47. The van der Waals surface area contributed by atoms with Crippen LogP contribution in [0.3, 0.4) is 0 Å². The lowest BCUT2D eigenvalue weighted by molar-refractivity contribution is 0.102. The van der Waals surface area contributed by atoms with Gasteiger partial charge in [0.25, 0.3) is 0 Å². The van der Waals surface area contributed by atoms with Gasteiger partial charge in [0.15, 0.2) is 5.78 Å². The first-order valence-electron chi connectivity index (χ1n) is 10.7.